The number of allylic oxidation sites excluding steroid dienone is 1. The van der Waals surface area contributed by atoms with Crippen molar-refractivity contribution in [2.24, 2.45) is 0 Å². The highest BCUT2D eigenvalue weighted by Crippen LogP contribution is 2.44. The van der Waals surface area contributed by atoms with E-state index in [1.807, 2.05) is 19.9 Å². The molecule has 1 heterocycles. The molecular formula is C19H18FNO. The largest absolute Gasteiger partial charge is 0.299 e. The molecule has 1 aromatic heterocycles. The first-order valence-corrected chi connectivity index (χ1v) is 7.50. The van der Waals surface area contributed by atoms with Crippen molar-refractivity contribution < 1.29 is 9.18 Å². The van der Waals surface area contributed by atoms with Gasteiger partial charge in [0.2, 0.25) is 0 Å². The molecule has 2 nitrogen and oxygen atoms in total. The lowest BCUT2D eigenvalue weighted by Gasteiger charge is -2.17. The van der Waals surface area contributed by atoms with Gasteiger partial charge in [-0.15, -0.1) is 0 Å². The monoisotopic (exact) mass is 295 g/mol. The molecule has 0 atom stereocenters. The molecule has 1 saturated carbocycles. The van der Waals surface area contributed by atoms with Gasteiger partial charge < -0.3 is 0 Å². The number of halogens is 1. The van der Waals surface area contributed by atoms with Crippen molar-refractivity contribution in [3.05, 3.63) is 58.7 Å². The lowest BCUT2D eigenvalue weighted by Crippen LogP contribution is -2.02. The SMILES string of the molecule is Cc1nc(C2CC2)c(C=CC=O)c(-c2ccc(F)cc2)c1C. The van der Waals surface area contributed by atoms with Crippen LogP contribution in [-0.4, -0.2) is 11.3 Å². The molecule has 1 aliphatic rings. The van der Waals surface area contributed by atoms with Crippen LogP contribution in [0, 0.1) is 19.7 Å². The number of aldehydes is 1. The molecule has 1 aromatic carbocycles. The third-order valence-electron chi connectivity index (χ3n) is 4.19. The molecule has 0 amide bonds. The van der Waals surface area contributed by atoms with Crippen LogP contribution in [-0.2, 0) is 4.79 Å². The molecule has 0 aliphatic heterocycles. The van der Waals surface area contributed by atoms with Gasteiger partial charge in [0.05, 0.1) is 5.69 Å². The van der Waals surface area contributed by atoms with E-state index in [0.717, 1.165) is 52.8 Å². The molecular weight excluding hydrogens is 277 g/mol. The van der Waals surface area contributed by atoms with Crippen LogP contribution < -0.4 is 0 Å². The maximum atomic E-state index is 13.2. The van der Waals surface area contributed by atoms with Crippen LogP contribution in [0.25, 0.3) is 17.2 Å². The van der Waals surface area contributed by atoms with E-state index in [1.165, 1.54) is 18.2 Å². The Morgan fingerprint density at radius 1 is 1.18 bits per heavy atom. The van der Waals surface area contributed by atoms with Crippen molar-refractivity contribution in [3.8, 4) is 11.1 Å². The van der Waals surface area contributed by atoms with Gasteiger partial charge >= 0.3 is 0 Å². The number of aromatic nitrogens is 1. The topological polar surface area (TPSA) is 30.0 Å². The van der Waals surface area contributed by atoms with Crippen molar-refractivity contribution >= 4 is 12.4 Å². The number of aryl methyl sites for hydroxylation is 1. The van der Waals surface area contributed by atoms with E-state index in [-0.39, 0.29) is 5.82 Å². The van der Waals surface area contributed by atoms with Crippen molar-refractivity contribution in [1.29, 1.82) is 0 Å². The van der Waals surface area contributed by atoms with Gasteiger partial charge in [0.1, 0.15) is 12.1 Å². The summed E-state index contributed by atoms with van der Waals surface area (Å²) < 4.78 is 13.2. The Bertz CT molecular complexity index is 743. The smallest absolute Gasteiger partial charge is 0.142 e. The molecule has 2 aromatic rings. The number of pyridine rings is 1. The molecule has 0 spiro atoms. The summed E-state index contributed by atoms with van der Waals surface area (Å²) in [6.07, 6.45) is 6.39. The fraction of sp³-hybridized carbons (Fsp3) is 0.263. The fourth-order valence-electron chi connectivity index (χ4n) is 2.80. The number of hydrogen-bond acceptors (Lipinski definition) is 2. The summed E-state index contributed by atoms with van der Waals surface area (Å²) in [6.45, 7) is 4.03. The standard InChI is InChI=1S/C19H18FNO/c1-12-13(2)21-19(15-5-6-15)17(4-3-11-22)18(12)14-7-9-16(20)10-8-14/h3-4,7-11,15H,5-6H2,1-2H3. The lowest BCUT2D eigenvalue weighted by atomic mass is 9.91. The van der Waals surface area contributed by atoms with Crippen LogP contribution in [0.1, 0.15) is 41.3 Å². The Morgan fingerprint density at radius 3 is 2.45 bits per heavy atom. The zero-order valence-corrected chi connectivity index (χ0v) is 12.8. The maximum absolute atomic E-state index is 13.2. The third kappa shape index (κ3) is 2.71. The average molecular weight is 295 g/mol. The van der Waals surface area contributed by atoms with Crippen molar-refractivity contribution in [3.63, 3.8) is 0 Å². The second kappa shape index (κ2) is 5.84. The quantitative estimate of drug-likeness (QED) is 0.610. The molecule has 0 N–H and O–H groups in total. The van der Waals surface area contributed by atoms with E-state index in [0.29, 0.717) is 5.92 Å². The van der Waals surface area contributed by atoms with Gasteiger partial charge in [-0.25, -0.2) is 4.39 Å². The number of rotatable bonds is 4. The molecule has 1 fully saturated rings. The highest BCUT2D eigenvalue weighted by atomic mass is 19.1. The zero-order chi connectivity index (χ0) is 15.7. The predicted octanol–water partition coefficient (Wildman–Crippen LogP) is 4.59. The summed E-state index contributed by atoms with van der Waals surface area (Å²) in [4.78, 5) is 15.5. The summed E-state index contributed by atoms with van der Waals surface area (Å²) in [6, 6.07) is 6.50. The number of hydrogen-bond donors (Lipinski definition) is 0. The van der Waals surface area contributed by atoms with Crippen LogP contribution in [0.5, 0.6) is 0 Å². The minimum absolute atomic E-state index is 0.250. The number of carbonyl (C=O) groups is 1. The normalized spacial score (nSPS) is 14.5. The van der Waals surface area contributed by atoms with Crippen LogP contribution in [0.4, 0.5) is 4.39 Å². The Hall–Kier alpha value is -2.29. The fourth-order valence-corrected chi connectivity index (χ4v) is 2.80. The van der Waals surface area contributed by atoms with E-state index in [1.54, 1.807) is 12.1 Å². The average Bonchev–Trinajstić information content (AvgIpc) is 3.34. The third-order valence-corrected chi connectivity index (χ3v) is 4.19. The Labute approximate surface area is 129 Å². The van der Waals surface area contributed by atoms with Crippen molar-refractivity contribution in [2.45, 2.75) is 32.6 Å². The minimum atomic E-state index is -0.250. The van der Waals surface area contributed by atoms with Gasteiger partial charge in [-0.05, 0) is 67.7 Å². The molecule has 112 valence electrons. The lowest BCUT2D eigenvalue weighted by molar-refractivity contribution is -0.104. The van der Waals surface area contributed by atoms with Gasteiger partial charge in [-0.2, -0.15) is 0 Å². The molecule has 0 unspecified atom stereocenters. The summed E-state index contributed by atoms with van der Waals surface area (Å²) >= 11 is 0. The summed E-state index contributed by atoms with van der Waals surface area (Å²) in [5.74, 6) is 0.226. The summed E-state index contributed by atoms with van der Waals surface area (Å²) in [7, 11) is 0. The minimum Gasteiger partial charge on any atom is -0.299 e. The highest BCUT2D eigenvalue weighted by Gasteiger charge is 2.29. The molecule has 3 rings (SSSR count). The first-order valence-electron chi connectivity index (χ1n) is 7.50. The van der Waals surface area contributed by atoms with Crippen LogP contribution in [0.15, 0.2) is 30.3 Å². The number of nitrogens with zero attached hydrogens (tertiary/aromatic N) is 1. The van der Waals surface area contributed by atoms with E-state index < -0.39 is 0 Å². The first-order chi connectivity index (χ1) is 10.6. The maximum Gasteiger partial charge on any atom is 0.142 e. The summed E-state index contributed by atoms with van der Waals surface area (Å²) in [5, 5.41) is 0. The molecule has 3 heteroatoms. The molecule has 0 bridgehead atoms. The molecule has 0 saturated heterocycles. The second-order valence-corrected chi connectivity index (χ2v) is 5.77. The van der Waals surface area contributed by atoms with Crippen LogP contribution >= 0.6 is 0 Å². The highest BCUT2D eigenvalue weighted by molar-refractivity contribution is 5.84. The van der Waals surface area contributed by atoms with Gasteiger partial charge in [0, 0.05) is 17.2 Å². The Morgan fingerprint density at radius 2 is 1.86 bits per heavy atom. The number of carbonyl (C=O) groups excluding carboxylic acids is 1. The molecule has 22 heavy (non-hydrogen) atoms. The van der Waals surface area contributed by atoms with Crippen molar-refractivity contribution in [1.82, 2.24) is 4.98 Å². The van der Waals surface area contributed by atoms with Crippen LogP contribution in [0.2, 0.25) is 0 Å². The van der Waals surface area contributed by atoms with Crippen molar-refractivity contribution in [2.75, 3.05) is 0 Å². The summed E-state index contributed by atoms with van der Waals surface area (Å²) in [5.41, 5.74) is 6.11. The van der Waals surface area contributed by atoms with E-state index in [4.69, 9.17) is 4.98 Å². The van der Waals surface area contributed by atoms with E-state index in [9.17, 15) is 9.18 Å². The van der Waals surface area contributed by atoms with Crippen LogP contribution in [0.3, 0.4) is 0 Å². The van der Waals surface area contributed by atoms with Gasteiger partial charge in [-0.1, -0.05) is 12.1 Å². The number of benzene rings is 1. The van der Waals surface area contributed by atoms with E-state index >= 15 is 0 Å². The molecule has 1 aliphatic carbocycles. The Kier molecular flexibility index (Phi) is 3.88. The predicted molar refractivity (Wildman–Crippen MR) is 86.2 cm³/mol. The molecule has 0 radical (unpaired) electrons. The van der Waals surface area contributed by atoms with Gasteiger partial charge in [-0.3, -0.25) is 9.78 Å². The van der Waals surface area contributed by atoms with Gasteiger partial charge in [0.25, 0.3) is 0 Å². The first kappa shape index (κ1) is 14.6. The van der Waals surface area contributed by atoms with Gasteiger partial charge in [0.15, 0.2) is 0 Å². The van der Waals surface area contributed by atoms with E-state index in [2.05, 4.69) is 0 Å². The zero-order valence-electron chi connectivity index (χ0n) is 12.8. The Balaban J connectivity index is 2.27. The second-order valence-electron chi connectivity index (χ2n) is 5.77.